The van der Waals surface area contributed by atoms with Crippen molar-refractivity contribution in [2.45, 2.75) is 32.4 Å². The van der Waals surface area contributed by atoms with Crippen LogP contribution in [0.25, 0.3) is 16.8 Å². The molecule has 4 aromatic rings. The smallest absolute Gasteiger partial charge is 0.162 e. The summed E-state index contributed by atoms with van der Waals surface area (Å²) in [4.78, 5) is 7.15. The van der Waals surface area contributed by atoms with E-state index in [2.05, 4.69) is 33.5 Å². The van der Waals surface area contributed by atoms with Gasteiger partial charge in [-0.05, 0) is 31.9 Å². The second-order valence-corrected chi connectivity index (χ2v) is 7.15. The number of benzene rings is 1. The zero-order valence-corrected chi connectivity index (χ0v) is 15.2. The molecule has 1 aromatic carbocycles. The van der Waals surface area contributed by atoms with E-state index in [1.54, 1.807) is 0 Å². The predicted molar refractivity (Wildman–Crippen MR) is 102 cm³/mol. The fraction of sp³-hybridized carbons (Fsp3) is 0.286. The van der Waals surface area contributed by atoms with Gasteiger partial charge < -0.3 is 4.52 Å². The van der Waals surface area contributed by atoms with Crippen LogP contribution >= 0.6 is 0 Å². The highest BCUT2D eigenvalue weighted by molar-refractivity contribution is 5.76. The van der Waals surface area contributed by atoms with Gasteiger partial charge in [-0.2, -0.15) is 5.10 Å². The Labute approximate surface area is 157 Å². The van der Waals surface area contributed by atoms with Gasteiger partial charge in [0.15, 0.2) is 5.65 Å². The lowest BCUT2D eigenvalue weighted by molar-refractivity contribution is 0.236. The van der Waals surface area contributed by atoms with Crippen molar-refractivity contribution in [1.82, 2.24) is 24.7 Å². The Bertz CT molecular complexity index is 1070. The summed E-state index contributed by atoms with van der Waals surface area (Å²) in [5, 5.41) is 8.75. The van der Waals surface area contributed by atoms with Gasteiger partial charge in [0.25, 0.3) is 0 Å². The van der Waals surface area contributed by atoms with E-state index in [4.69, 9.17) is 9.51 Å². The minimum Gasteiger partial charge on any atom is -0.361 e. The summed E-state index contributed by atoms with van der Waals surface area (Å²) in [5.41, 5.74) is 5.25. The number of fused-ring (bicyclic) bond motifs is 1. The monoisotopic (exact) mass is 359 g/mol. The lowest BCUT2D eigenvalue weighted by Crippen LogP contribution is -2.23. The molecule has 0 aliphatic carbocycles. The predicted octanol–water partition coefficient (Wildman–Crippen LogP) is 4.03. The number of hydrogen-bond acceptors (Lipinski definition) is 5. The van der Waals surface area contributed by atoms with Crippen LogP contribution in [0, 0.1) is 6.92 Å². The minimum atomic E-state index is 0.315. The third-order valence-corrected chi connectivity index (χ3v) is 5.23. The summed E-state index contributed by atoms with van der Waals surface area (Å²) in [6.45, 7) is 3.83. The Kier molecular flexibility index (Phi) is 3.98. The summed E-state index contributed by atoms with van der Waals surface area (Å²) >= 11 is 0. The maximum atomic E-state index is 5.27. The van der Waals surface area contributed by atoms with Gasteiger partial charge in [-0.1, -0.05) is 35.5 Å². The van der Waals surface area contributed by atoms with E-state index >= 15 is 0 Å². The number of nitrogens with zero attached hydrogens (tertiary/aromatic N) is 5. The third-order valence-electron chi connectivity index (χ3n) is 5.23. The first-order chi connectivity index (χ1) is 13.3. The number of aromatic nitrogens is 4. The Morgan fingerprint density at radius 3 is 2.89 bits per heavy atom. The molecule has 0 N–H and O–H groups in total. The molecule has 1 fully saturated rings. The van der Waals surface area contributed by atoms with E-state index in [1.807, 2.05) is 48.1 Å². The van der Waals surface area contributed by atoms with Gasteiger partial charge in [-0.15, -0.1) is 0 Å². The zero-order valence-electron chi connectivity index (χ0n) is 15.2. The fourth-order valence-electron chi connectivity index (χ4n) is 3.94. The fourth-order valence-corrected chi connectivity index (χ4v) is 3.94. The molecule has 1 aliphatic rings. The first-order valence-electron chi connectivity index (χ1n) is 9.33. The molecule has 1 saturated heterocycles. The third kappa shape index (κ3) is 3.02. The topological polar surface area (TPSA) is 59.5 Å². The van der Waals surface area contributed by atoms with Crippen LogP contribution in [0.5, 0.6) is 0 Å². The van der Waals surface area contributed by atoms with Crippen molar-refractivity contribution in [2.24, 2.45) is 0 Å². The highest BCUT2D eigenvalue weighted by Crippen LogP contribution is 2.33. The molecule has 4 heterocycles. The average Bonchev–Trinajstić information content (AvgIpc) is 3.42. The SMILES string of the molecule is Cc1cc([C@H]2CCCN2Cc2cnc3c(-c4ccccc4)cnn3c2)no1. The second kappa shape index (κ2) is 6.63. The number of aryl methyl sites for hydroxylation is 1. The van der Waals surface area contributed by atoms with Crippen molar-refractivity contribution in [3.05, 3.63) is 72.0 Å². The minimum absolute atomic E-state index is 0.315. The van der Waals surface area contributed by atoms with Crippen LogP contribution in [0.15, 0.2) is 59.5 Å². The van der Waals surface area contributed by atoms with Crippen molar-refractivity contribution in [3.8, 4) is 11.1 Å². The molecule has 0 radical (unpaired) electrons. The van der Waals surface area contributed by atoms with Crippen molar-refractivity contribution in [2.75, 3.05) is 6.54 Å². The first kappa shape index (κ1) is 16.2. The van der Waals surface area contributed by atoms with Crippen molar-refractivity contribution < 1.29 is 4.52 Å². The van der Waals surface area contributed by atoms with E-state index < -0.39 is 0 Å². The van der Waals surface area contributed by atoms with Crippen LogP contribution in [-0.2, 0) is 6.54 Å². The highest BCUT2D eigenvalue weighted by Gasteiger charge is 2.28. The Hall–Kier alpha value is -2.99. The van der Waals surface area contributed by atoms with Crippen molar-refractivity contribution >= 4 is 5.65 Å². The second-order valence-electron chi connectivity index (χ2n) is 7.15. The van der Waals surface area contributed by atoms with E-state index in [9.17, 15) is 0 Å². The van der Waals surface area contributed by atoms with Crippen LogP contribution in [-0.4, -0.2) is 31.2 Å². The summed E-state index contributed by atoms with van der Waals surface area (Å²) in [7, 11) is 0. The zero-order chi connectivity index (χ0) is 18.2. The molecule has 0 unspecified atom stereocenters. The maximum Gasteiger partial charge on any atom is 0.162 e. The molecule has 0 amide bonds. The number of hydrogen-bond donors (Lipinski definition) is 0. The van der Waals surface area contributed by atoms with E-state index in [1.165, 1.54) is 6.42 Å². The molecule has 1 atom stereocenters. The van der Waals surface area contributed by atoms with Crippen LogP contribution in [0.3, 0.4) is 0 Å². The molecule has 0 spiro atoms. The van der Waals surface area contributed by atoms with Gasteiger partial charge in [-0.3, -0.25) is 4.90 Å². The molecule has 0 bridgehead atoms. The van der Waals surface area contributed by atoms with E-state index in [-0.39, 0.29) is 0 Å². The van der Waals surface area contributed by atoms with Gasteiger partial charge >= 0.3 is 0 Å². The Balaban J connectivity index is 1.41. The lowest BCUT2D eigenvalue weighted by Gasteiger charge is -2.22. The summed E-state index contributed by atoms with van der Waals surface area (Å²) in [6.07, 6.45) is 8.22. The van der Waals surface area contributed by atoms with Crippen molar-refractivity contribution in [1.29, 1.82) is 0 Å². The Morgan fingerprint density at radius 1 is 1.19 bits per heavy atom. The molecule has 27 heavy (non-hydrogen) atoms. The lowest BCUT2D eigenvalue weighted by atomic mass is 10.1. The molecule has 6 heteroatoms. The summed E-state index contributed by atoms with van der Waals surface area (Å²) in [5.74, 6) is 0.866. The van der Waals surface area contributed by atoms with Crippen LogP contribution < -0.4 is 0 Å². The molecule has 5 rings (SSSR count). The normalized spacial score (nSPS) is 17.7. The molecule has 1 aliphatic heterocycles. The standard InChI is InChI=1S/C21H21N5O/c1-15-10-19(24-27-15)20-8-5-9-25(20)13-16-11-22-21-18(12-23-26(21)14-16)17-6-3-2-4-7-17/h2-4,6-7,10-12,14,20H,5,8-9,13H2,1H3/t20-/m1/s1. The number of likely N-dealkylation sites (tertiary alicyclic amines) is 1. The van der Waals surface area contributed by atoms with Crippen LogP contribution in [0.2, 0.25) is 0 Å². The van der Waals surface area contributed by atoms with Crippen LogP contribution in [0.1, 0.15) is 35.9 Å². The summed E-state index contributed by atoms with van der Waals surface area (Å²) in [6, 6.07) is 12.6. The molecule has 136 valence electrons. The van der Waals surface area contributed by atoms with E-state index in [0.717, 1.165) is 53.3 Å². The van der Waals surface area contributed by atoms with Gasteiger partial charge in [0.1, 0.15) is 11.5 Å². The molecule has 3 aromatic heterocycles. The number of rotatable bonds is 4. The first-order valence-corrected chi connectivity index (χ1v) is 9.33. The van der Waals surface area contributed by atoms with Gasteiger partial charge in [-0.25, -0.2) is 9.50 Å². The largest absolute Gasteiger partial charge is 0.361 e. The molecule has 0 saturated carbocycles. The quantitative estimate of drug-likeness (QED) is 0.551. The van der Waals surface area contributed by atoms with Crippen LogP contribution in [0.4, 0.5) is 0 Å². The Morgan fingerprint density at radius 2 is 2.07 bits per heavy atom. The van der Waals surface area contributed by atoms with E-state index in [0.29, 0.717) is 6.04 Å². The average molecular weight is 359 g/mol. The van der Waals surface area contributed by atoms with Gasteiger partial charge in [0.2, 0.25) is 0 Å². The van der Waals surface area contributed by atoms with Crippen molar-refractivity contribution in [3.63, 3.8) is 0 Å². The summed E-state index contributed by atoms with van der Waals surface area (Å²) < 4.78 is 7.15. The highest BCUT2D eigenvalue weighted by atomic mass is 16.5. The molecular formula is C21H21N5O. The van der Waals surface area contributed by atoms with Gasteiger partial charge in [0.05, 0.1) is 12.2 Å². The van der Waals surface area contributed by atoms with Gasteiger partial charge in [0, 0.05) is 36.1 Å². The molecule has 6 nitrogen and oxygen atoms in total. The molecular weight excluding hydrogens is 338 g/mol. The maximum absolute atomic E-state index is 5.27.